The van der Waals surface area contributed by atoms with Crippen molar-refractivity contribution in [2.75, 3.05) is 11.9 Å². The van der Waals surface area contributed by atoms with Crippen LogP contribution in [-0.4, -0.2) is 32.6 Å². The van der Waals surface area contributed by atoms with Crippen LogP contribution in [0.25, 0.3) is 11.0 Å². The van der Waals surface area contributed by atoms with Crippen LogP contribution in [0.2, 0.25) is 5.02 Å². The molecule has 0 aliphatic rings. The Morgan fingerprint density at radius 3 is 2.75 bits per heavy atom. The van der Waals surface area contributed by atoms with Gasteiger partial charge in [-0.15, -0.1) is 0 Å². The number of aromatic nitrogens is 2. The second-order valence-corrected chi connectivity index (χ2v) is 5.30. The topological polar surface area (TPSA) is 107 Å². The molecule has 0 spiro atoms. The quantitative estimate of drug-likeness (QED) is 0.615. The number of ether oxygens (including phenoxy) is 1. The van der Waals surface area contributed by atoms with Crippen molar-refractivity contribution < 1.29 is 19.7 Å². The fourth-order valence-corrected chi connectivity index (χ4v) is 2.15. The number of aromatic amines is 1. The Hall–Kier alpha value is -3.13. The number of amides is 1. The largest absolute Gasteiger partial charge is 0.455 e. The number of fused-ring (bicyclic) bond motifs is 1. The highest BCUT2D eigenvalue weighted by atomic mass is 35.5. The number of nitrogens with zero attached hydrogens (tertiary/aromatic N) is 2. The molecule has 9 heteroatoms. The maximum Gasteiger partial charge on any atom is 0.318 e. The van der Waals surface area contributed by atoms with Gasteiger partial charge in [-0.05, 0) is 30.3 Å². The third-order valence-corrected chi connectivity index (χ3v) is 3.38. The van der Waals surface area contributed by atoms with Gasteiger partial charge in [-0.1, -0.05) is 11.6 Å². The molecule has 0 aliphatic carbocycles. The molecule has 2 aromatic carbocycles. The summed E-state index contributed by atoms with van der Waals surface area (Å²) in [5.74, 6) is -0.362. The number of anilines is 1. The predicted molar refractivity (Wildman–Crippen MR) is 86.7 cm³/mol. The molecule has 3 rings (SSSR count). The Balaban J connectivity index is 1.63. The van der Waals surface area contributed by atoms with Gasteiger partial charge in [0.05, 0.1) is 15.9 Å². The zero-order valence-corrected chi connectivity index (χ0v) is 12.9. The first kappa shape index (κ1) is 15.8. The van der Waals surface area contributed by atoms with E-state index in [0.717, 1.165) is 0 Å². The number of hydrogen-bond acceptors (Lipinski definition) is 4. The van der Waals surface area contributed by atoms with Gasteiger partial charge in [0.2, 0.25) is 0 Å². The third kappa shape index (κ3) is 3.61. The van der Waals surface area contributed by atoms with E-state index in [4.69, 9.17) is 21.5 Å². The molecule has 1 aromatic heterocycles. The highest BCUT2D eigenvalue weighted by molar-refractivity contribution is 6.30. The number of halogens is 1. The molecule has 0 bridgehead atoms. The normalized spacial score (nSPS) is 10.5. The van der Waals surface area contributed by atoms with Crippen LogP contribution in [0.4, 0.5) is 11.4 Å². The molecule has 8 nitrogen and oxygen atoms in total. The van der Waals surface area contributed by atoms with Gasteiger partial charge in [-0.25, -0.2) is 5.21 Å². The molecule has 1 amide bonds. The molecule has 24 heavy (non-hydrogen) atoms. The van der Waals surface area contributed by atoms with Crippen LogP contribution < -0.4 is 10.1 Å². The predicted octanol–water partition coefficient (Wildman–Crippen LogP) is 3.03. The maximum absolute atomic E-state index is 11.8. The van der Waals surface area contributed by atoms with Gasteiger partial charge in [0.1, 0.15) is 0 Å². The number of nitrogens with one attached hydrogen (secondary N) is 2. The van der Waals surface area contributed by atoms with E-state index in [-0.39, 0.29) is 29.1 Å². The van der Waals surface area contributed by atoms with Crippen LogP contribution in [-0.2, 0) is 4.79 Å². The monoisotopic (exact) mass is 347 g/mol. The molecule has 3 aromatic rings. The molecule has 122 valence electrons. The van der Waals surface area contributed by atoms with Gasteiger partial charge in [0.25, 0.3) is 16.8 Å². The summed E-state index contributed by atoms with van der Waals surface area (Å²) < 4.78 is 5.29. The molecular formula is C15H12ClN4O4+. The summed E-state index contributed by atoms with van der Waals surface area (Å²) in [5, 5.41) is 12.1. The molecule has 1 heterocycles. The summed E-state index contributed by atoms with van der Waals surface area (Å²) in [6.45, 7) is -0.247. The Kier molecular flexibility index (Phi) is 4.30. The number of carbonyl (C=O) groups is 1. The Bertz CT molecular complexity index is 907. The van der Waals surface area contributed by atoms with Gasteiger partial charge >= 0.3 is 5.69 Å². The van der Waals surface area contributed by atoms with Crippen molar-refractivity contribution in [2.24, 2.45) is 0 Å². The minimum absolute atomic E-state index is 0.0539. The number of imidazole rings is 1. The summed E-state index contributed by atoms with van der Waals surface area (Å²) in [5.41, 5.74) is 1.68. The van der Waals surface area contributed by atoms with E-state index in [1.807, 2.05) is 0 Å². The molecular weight excluding hydrogens is 336 g/mol. The van der Waals surface area contributed by atoms with Crippen molar-refractivity contribution in [3.8, 4) is 6.01 Å². The van der Waals surface area contributed by atoms with Crippen molar-refractivity contribution in [1.29, 1.82) is 0 Å². The van der Waals surface area contributed by atoms with Crippen LogP contribution in [0.15, 0.2) is 42.5 Å². The van der Waals surface area contributed by atoms with Crippen molar-refractivity contribution >= 4 is 39.9 Å². The van der Waals surface area contributed by atoms with Gasteiger partial charge in [0.15, 0.2) is 6.61 Å². The Morgan fingerprint density at radius 1 is 1.29 bits per heavy atom. The summed E-state index contributed by atoms with van der Waals surface area (Å²) in [6, 6.07) is 11.2. The van der Waals surface area contributed by atoms with E-state index in [2.05, 4.69) is 15.3 Å². The maximum atomic E-state index is 11.8. The zero-order valence-electron chi connectivity index (χ0n) is 12.2. The van der Waals surface area contributed by atoms with E-state index in [1.54, 1.807) is 30.3 Å². The first-order valence-corrected chi connectivity index (χ1v) is 7.23. The minimum Gasteiger partial charge on any atom is -0.455 e. The molecule has 0 unspecified atom stereocenters. The van der Waals surface area contributed by atoms with Crippen LogP contribution in [0, 0.1) is 4.91 Å². The highest BCUT2D eigenvalue weighted by Gasteiger charge is 2.14. The first-order chi connectivity index (χ1) is 11.5. The van der Waals surface area contributed by atoms with Gasteiger partial charge in [-0.3, -0.25) is 4.79 Å². The average Bonchev–Trinajstić information content (AvgIpc) is 2.97. The van der Waals surface area contributed by atoms with E-state index < -0.39 is 0 Å². The summed E-state index contributed by atoms with van der Waals surface area (Å²) in [6.07, 6.45) is 0. The molecule has 3 N–H and O–H groups in total. The fourth-order valence-electron chi connectivity index (χ4n) is 2.03. The summed E-state index contributed by atoms with van der Waals surface area (Å²) in [4.78, 5) is 29.4. The van der Waals surface area contributed by atoms with Crippen LogP contribution in [0.1, 0.15) is 0 Å². The molecule has 0 atom stereocenters. The van der Waals surface area contributed by atoms with Crippen LogP contribution >= 0.6 is 11.6 Å². The van der Waals surface area contributed by atoms with Crippen LogP contribution in [0.3, 0.4) is 0 Å². The molecule has 0 fully saturated rings. The van der Waals surface area contributed by atoms with E-state index >= 15 is 0 Å². The van der Waals surface area contributed by atoms with E-state index in [9.17, 15) is 9.70 Å². The third-order valence-electron chi connectivity index (χ3n) is 3.13. The summed E-state index contributed by atoms with van der Waals surface area (Å²) >= 11 is 5.77. The summed E-state index contributed by atoms with van der Waals surface area (Å²) in [7, 11) is 0. The van der Waals surface area contributed by atoms with Gasteiger partial charge in [-0.2, -0.15) is 4.98 Å². The SMILES string of the molecule is O=C(COc1nc2ccc([N+](=O)O)cc2[nH]1)Nc1ccc(Cl)cc1. The number of hydrogen-bond donors (Lipinski definition) is 3. The lowest BCUT2D eigenvalue weighted by atomic mass is 10.3. The minimum atomic E-state index is -0.362. The first-order valence-electron chi connectivity index (χ1n) is 6.85. The van der Waals surface area contributed by atoms with Crippen LogP contribution in [0.5, 0.6) is 6.01 Å². The fraction of sp³-hybridized carbons (Fsp3) is 0.0667. The van der Waals surface area contributed by atoms with Gasteiger partial charge in [0, 0.05) is 22.8 Å². The number of carbonyl (C=O) groups excluding carboxylic acids is 1. The second-order valence-electron chi connectivity index (χ2n) is 4.86. The Morgan fingerprint density at radius 2 is 2.04 bits per heavy atom. The molecule has 0 saturated heterocycles. The smallest absolute Gasteiger partial charge is 0.318 e. The average molecular weight is 348 g/mol. The lowest BCUT2D eigenvalue weighted by Crippen LogP contribution is -2.20. The lowest BCUT2D eigenvalue weighted by Gasteiger charge is -2.05. The molecule has 0 radical (unpaired) electrons. The van der Waals surface area contributed by atoms with Crippen molar-refractivity contribution in [2.45, 2.75) is 0 Å². The van der Waals surface area contributed by atoms with E-state index in [1.165, 1.54) is 12.1 Å². The number of benzene rings is 2. The lowest BCUT2D eigenvalue weighted by molar-refractivity contribution is -0.729. The molecule has 0 saturated carbocycles. The second kappa shape index (κ2) is 6.55. The van der Waals surface area contributed by atoms with Crippen molar-refractivity contribution in [1.82, 2.24) is 9.97 Å². The zero-order chi connectivity index (χ0) is 17.1. The number of rotatable bonds is 5. The van der Waals surface area contributed by atoms with E-state index in [0.29, 0.717) is 21.7 Å². The molecule has 0 aliphatic heterocycles. The van der Waals surface area contributed by atoms with Gasteiger partial charge < -0.3 is 15.0 Å². The van der Waals surface area contributed by atoms with Crippen molar-refractivity contribution in [3.63, 3.8) is 0 Å². The number of H-pyrrole nitrogens is 1. The van der Waals surface area contributed by atoms with Crippen molar-refractivity contribution in [3.05, 3.63) is 52.4 Å². The standard InChI is InChI=1S/C15H11ClN4O4/c16-9-1-3-10(4-2-9)17-14(21)8-24-15-18-12-6-5-11(20(22)23)7-13(12)19-15/h1-7H,8H2,(H2-,17,18,19,21,22,23)/p+1. The Labute approximate surface area is 140 Å². The highest BCUT2D eigenvalue weighted by Crippen LogP contribution is 2.21.